The highest BCUT2D eigenvalue weighted by Gasteiger charge is 2.33. The van der Waals surface area contributed by atoms with E-state index < -0.39 is 10.2 Å². The van der Waals surface area contributed by atoms with Crippen LogP contribution in [-0.4, -0.2) is 105 Å². The van der Waals surface area contributed by atoms with Gasteiger partial charge in [-0.2, -0.15) is 17.0 Å². The van der Waals surface area contributed by atoms with Gasteiger partial charge in [-0.15, -0.1) is 0 Å². The summed E-state index contributed by atoms with van der Waals surface area (Å²) in [5.74, 6) is 0.137. The summed E-state index contributed by atoms with van der Waals surface area (Å²) in [7, 11) is -3.45. The molecule has 3 aliphatic rings. The largest absolute Gasteiger partial charge is 0.379 e. The smallest absolute Gasteiger partial charge is 0.282 e. The predicted molar refractivity (Wildman–Crippen MR) is 99.0 cm³/mol. The van der Waals surface area contributed by atoms with Gasteiger partial charge in [0.15, 0.2) is 0 Å². The molecule has 3 heterocycles. The zero-order valence-electron chi connectivity index (χ0n) is 15.6. The van der Waals surface area contributed by atoms with E-state index in [2.05, 4.69) is 4.90 Å². The first-order chi connectivity index (χ1) is 12.6. The van der Waals surface area contributed by atoms with Crippen molar-refractivity contribution >= 4 is 16.1 Å². The second kappa shape index (κ2) is 9.45. The highest BCUT2D eigenvalue weighted by Crippen LogP contribution is 2.15. The van der Waals surface area contributed by atoms with E-state index in [1.807, 2.05) is 4.90 Å². The second-order valence-electron chi connectivity index (χ2n) is 7.34. The molecule has 0 bridgehead atoms. The molecule has 0 aromatic rings. The fraction of sp³-hybridized carbons (Fsp3) is 0.941. The lowest BCUT2D eigenvalue weighted by Gasteiger charge is -2.31. The minimum atomic E-state index is -3.45. The Labute approximate surface area is 157 Å². The number of carbonyl (C=O) groups is 1. The van der Waals surface area contributed by atoms with Crippen LogP contribution in [0.3, 0.4) is 0 Å². The molecule has 9 heteroatoms. The van der Waals surface area contributed by atoms with Crippen molar-refractivity contribution in [2.24, 2.45) is 0 Å². The molecule has 0 aromatic carbocycles. The van der Waals surface area contributed by atoms with Gasteiger partial charge >= 0.3 is 0 Å². The predicted octanol–water partition coefficient (Wildman–Crippen LogP) is -0.0263. The normalized spacial score (nSPS) is 25.6. The van der Waals surface area contributed by atoms with Crippen LogP contribution in [0.5, 0.6) is 0 Å². The molecule has 26 heavy (non-hydrogen) atoms. The third kappa shape index (κ3) is 5.16. The molecule has 3 aliphatic heterocycles. The zero-order valence-corrected chi connectivity index (χ0v) is 16.5. The second-order valence-corrected chi connectivity index (χ2v) is 9.27. The van der Waals surface area contributed by atoms with Gasteiger partial charge in [0.2, 0.25) is 5.91 Å². The van der Waals surface area contributed by atoms with Gasteiger partial charge in [0.1, 0.15) is 0 Å². The minimum absolute atomic E-state index is 0.137. The molecule has 1 amide bonds. The van der Waals surface area contributed by atoms with Crippen LogP contribution in [0, 0.1) is 0 Å². The van der Waals surface area contributed by atoms with Crippen molar-refractivity contribution in [3.05, 3.63) is 0 Å². The van der Waals surface area contributed by atoms with Crippen molar-refractivity contribution in [1.82, 2.24) is 18.4 Å². The van der Waals surface area contributed by atoms with Crippen LogP contribution in [0.4, 0.5) is 0 Å². The van der Waals surface area contributed by atoms with Gasteiger partial charge in [0.25, 0.3) is 10.2 Å². The average Bonchev–Trinajstić information content (AvgIpc) is 3.05. The van der Waals surface area contributed by atoms with Crippen molar-refractivity contribution in [2.45, 2.75) is 32.1 Å². The molecule has 3 fully saturated rings. The Morgan fingerprint density at radius 2 is 1.38 bits per heavy atom. The molecule has 3 rings (SSSR count). The summed E-state index contributed by atoms with van der Waals surface area (Å²) < 4.78 is 33.9. The lowest BCUT2D eigenvalue weighted by atomic mass is 10.2. The summed E-state index contributed by atoms with van der Waals surface area (Å²) in [6.07, 6.45) is 5.53. The van der Waals surface area contributed by atoms with Crippen molar-refractivity contribution < 1.29 is 17.9 Å². The third-order valence-electron chi connectivity index (χ3n) is 5.49. The van der Waals surface area contributed by atoms with E-state index in [0.717, 1.165) is 13.1 Å². The maximum absolute atomic E-state index is 12.8. The average molecular weight is 389 g/mol. The Hall–Kier alpha value is -0.740. The monoisotopic (exact) mass is 388 g/mol. The number of hydrogen-bond acceptors (Lipinski definition) is 5. The summed E-state index contributed by atoms with van der Waals surface area (Å²) in [6, 6.07) is 0. The highest BCUT2D eigenvalue weighted by molar-refractivity contribution is 7.86. The third-order valence-corrected chi connectivity index (χ3v) is 7.52. The maximum Gasteiger partial charge on any atom is 0.282 e. The fourth-order valence-corrected chi connectivity index (χ4v) is 5.51. The lowest BCUT2D eigenvalue weighted by molar-refractivity contribution is -0.132. The van der Waals surface area contributed by atoms with Gasteiger partial charge in [0, 0.05) is 39.3 Å². The first kappa shape index (κ1) is 20.0. The topological polar surface area (TPSA) is 73.4 Å². The number of rotatable bonds is 4. The molecule has 150 valence electrons. The number of hydrogen-bond donors (Lipinski definition) is 0. The van der Waals surface area contributed by atoms with Crippen LogP contribution in [0.2, 0.25) is 0 Å². The van der Waals surface area contributed by atoms with Crippen LogP contribution >= 0.6 is 0 Å². The van der Waals surface area contributed by atoms with Crippen molar-refractivity contribution in [2.75, 3.05) is 72.1 Å². The van der Waals surface area contributed by atoms with Gasteiger partial charge in [-0.3, -0.25) is 9.69 Å². The minimum Gasteiger partial charge on any atom is -0.379 e. The number of nitrogens with zero attached hydrogens (tertiary/aromatic N) is 4. The van der Waals surface area contributed by atoms with Crippen LogP contribution in [-0.2, 0) is 19.7 Å². The van der Waals surface area contributed by atoms with Crippen LogP contribution < -0.4 is 0 Å². The molecule has 0 atom stereocenters. The molecule has 0 saturated carbocycles. The van der Waals surface area contributed by atoms with Crippen LogP contribution in [0.25, 0.3) is 0 Å². The van der Waals surface area contributed by atoms with E-state index in [0.29, 0.717) is 65.4 Å². The molecule has 0 unspecified atom stereocenters. The Morgan fingerprint density at radius 1 is 0.731 bits per heavy atom. The number of amides is 1. The fourth-order valence-electron chi connectivity index (χ4n) is 3.90. The molecule has 0 radical (unpaired) electrons. The molecular weight excluding hydrogens is 356 g/mol. The number of likely N-dealkylation sites (tertiary alicyclic amines) is 1. The summed E-state index contributed by atoms with van der Waals surface area (Å²) in [5, 5.41) is 0. The molecule has 0 aromatic heterocycles. The quantitative estimate of drug-likeness (QED) is 0.676. The first-order valence-electron chi connectivity index (χ1n) is 9.90. The van der Waals surface area contributed by atoms with Crippen molar-refractivity contribution in [3.63, 3.8) is 0 Å². The summed E-state index contributed by atoms with van der Waals surface area (Å²) in [5.41, 5.74) is 0. The van der Waals surface area contributed by atoms with E-state index in [9.17, 15) is 13.2 Å². The van der Waals surface area contributed by atoms with Gasteiger partial charge in [-0.1, -0.05) is 12.8 Å². The van der Waals surface area contributed by atoms with E-state index >= 15 is 0 Å². The number of ether oxygens (including phenoxy) is 1. The van der Waals surface area contributed by atoms with Gasteiger partial charge in [0.05, 0.1) is 19.8 Å². The lowest BCUT2D eigenvalue weighted by Crippen LogP contribution is -2.49. The molecular formula is C17H32N4O4S. The number of carbonyl (C=O) groups excluding carboxylic acids is 1. The van der Waals surface area contributed by atoms with Crippen LogP contribution in [0.1, 0.15) is 32.1 Å². The van der Waals surface area contributed by atoms with Crippen LogP contribution in [0.15, 0.2) is 0 Å². The zero-order chi connectivity index (χ0) is 18.4. The SMILES string of the molecule is O=C(CN1CCCCCC1)N1CCCN(S(=O)(=O)N2CCOCC2)CC1. The Kier molecular flexibility index (Phi) is 7.27. The van der Waals surface area contributed by atoms with E-state index in [1.165, 1.54) is 34.3 Å². The van der Waals surface area contributed by atoms with Crippen molar-refractivity contribution in [3.8, 4) is 0 Å². The summed E-state index contributed by atoms with van der Waals surface area (Å²) >= 11 is 0. The number of morpholine rings is 1. The first-order valence-corrected chi connectivity index (χ1v) is 11.3. The highest BCUT2D eigenvalue weighted by atomic mass is 32.2. The molecule has 0 spiro atoms. The Balaban J connectivity index is 1.53. The summed E-state index contributed by atoms with van der Waals surface area (Å²) in [6.45, 7) is 6.18. The van der Waals surface area contributed by atoms with Gasteiger partial charge in [-0.05, 0) is 32.4 Å². The molecule has 0 aliphatic carbocycles. The van der Waals surface area contributed by atoms with E-state index in [1.54, 1.807) is 0 Å². The molecule has 0 N–H and O–H groups in total. The standard InChI is InChI=1S/C17H32N4O4S/c22-17(16-18-6-3-1-2-4-7-18)19-8-5-9-20(11-10-19)26(23,24)21-12-14-25-15-13-21/h1-16H2. The molecule has 8 nitrogen and oxygen atoms in total. The Bertz CT molecular complexity index is 557. The van der Waals surface area contributed by atoms with Crippen molar-refractivity contribution in [1.29, 1.82) is 0 Å². The maximum atomic E-state index is 12.8. The van der Waals surface area contributed by atoms with E-state index in [-0.39, 0.29) is 5.91 Å². The van der Waals surface area contributed by atoms with Gasteiger partial charge < -0.3 is 9.64 Å². The summed E-state index contributed by atoms with van der Waals surface area (Å²) in [4.78, 5) is 16.8. The molecule has 3 saturated heterocycles. The Morgan fingerprint density at radius 3 is 2.08 bits per heavy atom. The van der Waals surface area contributed by atoms with Gasteiger partial charge in [-0.25, -0.2) is 0 Å². The van der Waals surface area contributed by atoms with E-state index in [4.69, 9.17) is 4.74 Å².